The Balaban J connectivity index is 1.72. The number of hydrogen-bond donors (Lipinski definition) is 2. The minimum absolute atomic E-state index is 0.179. The second kappa shape index (κ2) is 7.79. The molecule has 2 N–H and O–H groups in total. The molecule has 2 aromatic carbocycles. The van der Waals surface area contributed by atoms with Gasteiger partial charge >= 0.3 is 0 Å². The van der Waals surface area contributed by atoms with Crippen LogP contribution in [0, 0.1) is 18.3 Å². The zero-order valence-electron chi connectivity index (χ0n) is 16.3. The summed E-state index contributed by atoms with van der Waals surface area (Å²) >= 11 is 0. The summed E-state index contributed by atoms with van der Waals surface area (Å²) in [5, 5.41) is 14.9. The molecule has 0 bridgehead atoms. The quantitative estimate of drug-likeness (QED) is 0.647. The highest BCUT2D eigenvalue weighted by Crippen LogP contribution is 2.23. The molecule has 1 aliphatic heterocycles. The molecule has 1 atom stereocenters. The molecule has 2 amide bonds. The summed E-state index contributed by atoms with van der Waals surface area (Å²) < 4.78 is 1.37. The third-order valence-electron chi connectivity index (χ3n) is 5.19. The van der Waals surface area contributed by atoms with Gasteiger partial charge in [0.15, 0.2) is 0 Å². The lowest BCUT2D eigenvalue weighted by Crippen LogP contribution is -2.45. The van der Waals surface area contributed by atoms with E-state index in [9.17, 15) is 14.4 Å². The van der Waals surface area contributed by atoms with E-state index in [1.807, 2.05) is 18.2 Å². The van der Waals surface area contributed by atoms with Crippen molar-refractivity contribution in [1.29, 1.82) is 5.26 Å². The summed E-state index contributed by atoms with van der Waals surface area (Å²) in [5.41, 5.74) is 2.35. The second-order valence-corrected chi connectivity index (χ2v) is 7.16. The van der Waals surface area contributed by atoms with Gasteiger partial charge in [0.05, 0.1) is 22.5 Å². The number of anilines is 1. The number of amides is 2. The molecule has 8 heteroatoms. The van der Waals surface area contributed by atoms with E-state index < -0.39 is 11.9 Å². The fraction of sp³-hybridized carbons (Fsp3) is 0.227. The van der Waals surface area contributed by atoms with E-state index in [1.165, 1.54) is 4.57 Å². The van der Waals surface area contributed by atoms with Crippen LogP contribution in [0.15, 0.2) is 47.3 Å². The topological polar surface area (TPSA) is 117 Å². The molecular formula is C22H19N5O3. The highest BCUT2D eigenvalue weighted by Gasteiger charge is 2.30. The lowest BCUT2D eigenvalue weighted by molar-refractivity contribution is -0.135. The van der Waals surface area contributed by atoms with Crippen LogP contribution < -0.4 is 16.2 Å². The fourth-order valence-corrected chi connectivity index (χ4v) is 3.69. The van der Waals surface area contributed by atoms with Gasteiger partial charge in [-0.2, -0.15) is 5.26 Å². The number of fused-ring (bicyclic) bond motifs is 1. The monoisotopic (exact) mass is 401 g/mol. The maximum absolute atomic E-state index is 13.4. The van der Waals surface area contributed by atoms with Crippen LogP contribution in [-0.2, 0) is 16.1 Å². The zero-order chi connectivity index (χ0) is 21.3. The molecule has 2 heterocycles. The standard InChI is InChI=1S/C22H19N5O3/c1-13-25-17-4-2-3-16(24-12-15-7-5-14(11-23)6-8-15)20(17)22(30)27(13)18-9-10-19(28)26-21(18)29/h2-8,18,24H,9-10,12H2,1H3,(H,26,28,29). The van der Waals surface area contributed by atoms with Crippen molar-refractivity contribution in [2.24, 2.45) is 0 Å². The van der Waals surface area contributed by atoms with Crippen LogP contribution in [0.1, 0.15) is 35.8 Å². The Morgan fingerprint density at radius 2 is 1.97 bits per heavy atom. The average Bonchev–Trinajstić information content (AvgIpc) is 2.73. The molecule has 3 aromatic rings. The van der Waals surface area contributed by atoms with Crippen LogP contribution in [0.2, 0.25) is 0 Å². The molecule has 0 aliphatic carbocycles. The molecule has 0 saturated carbocycles. The highest BCUT2D eigenvalue weighted by atomic mass is 16.2. The van der Waals surface area contributed by atoms with E-state index >= 15 is 0 Å². The Hall–Kier alpha value is -3.99. The largest absolute Gasteiger partial charge is 0.380 e. The van der Waals surface area contributed by atoms with Gasteiger partial charge in [-0.15, -0.1) is 0 Å². The van der Waals surface area contributed by atoms with Gasteiger partial charge in [-0.3, -0.25) is 24.3 Å². The third kappa shape index (κ3) is 3.53. The van der Waals surface area contributed by atoms with Crippen molar-refractivity contribution in [3.8, 4) is 6.07 Å². The number of carbonyl (C=O) groups excluding carboxylic acids is 2. The van der Waals surface area contributed by atoms with Crippen molar-refractivity contribution in [3.63, 3.8) is 0 Å². The predicted molar refractivity (Wildman–Crippen MR) is 111 cm³/mol. The molecular weight excluding hydrogens is 382 g/mol. The van der Waals surface area contributed by atoms with E-state index in [4.69, 9.17) is 5.26 Å². The molecule has 1 fully saturated rings. The molecule has 1 unspecified atom stereocenters. The first-order valence-corrected chi connectivity index (χ1v) is 9.56. The molecule has 30 heavy (non-hydrogen) atoms. The van der Waals surface area contributed by atoms with Gasteiger partial charge in [-0.05, 0) is 43.2 Å². The molecule has 0 radical (unpaired) electrons. The van der Waals surface area contributed by atoms with Crippen LogP contribution >= 0.6 is 0 Å². The number of nitrogens with one attached hydrogen (secondary N) is 2. The van der Waals surface area contributed by atoms with E-state index in [-0.39, 0.29) is 24.3 Å². The minimum Gasteiger partial charge on any atom is -0.380 e. The van der Waals surface area contributed by atoms with Crippen LogP contribution in [0.25, 0.3) is 10.9 Å². The number of imide groups is 1. The molecule has 1 aliphatic rings. The summed E-state index contributed by atoms with van der Waals surface area (Å²) in [6, 6.07) is 13.8. The van der Waals surface area contributed by atoms with E-state index in [1.54, 1.807) is 31.2 Å². The number of carbonyl (C=O) groups is 2. The fourth-order valence-electron chi connectivity index (χ4n) is 3.69. The van der Waals surface area contributed by atoms with Crippen molar-refractivity contribution in [3.05, 3.63) is 69.8 Å². The molecule has 4 rings (SSSR count). The van der Waals surface area contributed by atoms with Gasteiger partial charge in [0.2, 0.25) is 11.8 Å². The Morgan fingerprint density at radius 1 is 1.20 bits per heavy atom. The molecule has 0 spiro atoms. The third-order valence-corrected chi connectivity index (χ3v) is 5.19. The first-order valence-electron chi connectivity index (χ1n) is 9.56. The van der Waals surface area contributed by atoms with Crippen LogP contribution in [0.4, 0.5) is 5.69 Å². The Morgan fingerprint density at radius 3 is 2.67 bits per heavy atom. The van der Waals surface area contributed by atoms with Crippen molar-refractivity contribution in [2.45, 2.75) is 32.4 Å². The van der Waals surface area contributed by atoms with Gasteiger partial charge in [0.25, 0.3) is 5.56 Å². The SMILES string of the molecule is Cc1nc2cccc(NCc3ccc(C#N)cc3)c2c(=O)n1C1CCC(=O)NC1=O. The maximum atomic E-state index is 13.4. The summed E-state index contributed by atoms with van der Waals surface area (Å²) in [7, 11) is 0. The summed E-state index contributed by atoms with van der Waals surface area (Å²) in [6.45, 7) is 2.14. The molecule has 1 saturated heterocycles. The van der Waals surface area contributed by atoms with Crippen molar-refractivity contribution >= 4 is 28.4 Å². The number of piperidine rings is 1. The summed E-state index contributed by atoms with van der Waals surface area (Å²) in [5.74, 6) is -0.396. The maximum Gasteiger partial charge on any atom is 0.264 e. The van der Waals surface area contributed by atoms with Crippen LogP contribution in [0.5, 0.6) is 0 Å². The molecule has 8 nitrogen and oxygen atoms in total. The Labute approximate surface area is 172 Å². The Bertz CT molecular complexity index is 1250. The van der Waals surface area contributed by atoms with Gasteiger partial charge in [-0.25, -0.2) is 4.98 Å². The number of benzene rings is 2. The highest BCUT2D eigenvalue weighted by molar-refractivity contribution is 5.99. The number of nitrogens with zero attached hydrogens (tertiary/aromatic N) is 3. The van der Waals surface area contributed by atoms with Crippen molar-refractivity contribution in [1.82, 2.24) is 14.9 Å². The number of hydrogen-bond acceptors (Lipinski definition) is 6. The Kier molecular flexibility index (Phi) is 5.02. The minimum atomic E-state index is -0.765. The second-order valence-electron chi connectivity index (χ2n) is 7.16. The number of aryl methyl sites for hydroxylation is 1. The van der Waals surface area contributed by atoms with E-state index in [2.05, 4.69) is 21.7 Å². The number of aromatic nitrogens is 2. The first-order chi connectivity index (χ1) is 14.5. The molecule has 150 valence electrons. The summed E-state index contributed by atoms with van der Waals surface area (Å²) in [6.07, 6.45) is 0.443. The van der Waals surface area contributed by atoms with Crippen molar-refractivity contribution < 1.29 is 9.59 Å². The predicted octanol–water partition coefficient (Wildman–Crippen LogP) is 2.17. The lowest BCUT2D eigenvalue weighted by Gasteiger charge is -2.24. The summed E-state index contributed by atoms with van der Waals surface area (Å²) in [4.78, 5) is 41.7. The van der Waals surface area contributed by atoms with Gasteiger partial charge in [0, 0.05) is 18.7 Å². The van der Waals surface area contributed by atoms with Crippen LogP contribution in [-0.4, -0.2) is 21.4 Å². The van der Waals surface area contributed by atoms with Gasteiger partial charge in [0.1, 0.15) is 11.9 Å². The van der Waals surface area contributed by atoms with E-state index in [0.29, 0.717) is 34.5 Å². The van der Waals surface area contributed by atoms with E-state index in [0.717, 1.165) is 5.56 Å². The normalized spacial score (nSPS) is 16.2. The zero-order valence-corrected chi connectivity index (χ0v) is 16.3. The van der Waals surface area contributed by atoms with Gasteiger partial charge in [-0.1, -0.05) is 18.2 Å². The average molecular weight is 401 g/mol. The van der Waals surface area contributed by atoms with Gasteiger partial charge < -0.3 is 5.32 Å². The smallest absolute Gasteiger partial charge is 0.264 e. The van der Waals surface area contributed by atoms with Crippen LogP contribution in [0.3, 0.4) is 0 Å². The number of rotatable bonds is 4. The molecule has 1 aromatic heterocycles. The van der Waals surface area contributed by atoms with Crippen molar-refractivity contribution in [2.75, 3.05) is 5.32 Å². The number of nitriles is 1. The lowest BCUT2D eigenvalue weighted by atomic mass is 10.1. The first kappa shape index (κ1) is 19.3.